The normalized spacial score (nSPS) is 13.4. The lowest BCUT2D eigenvalue weighted by atomic mass is 11.3. The van der Waals surface area contributed by atoms with Gasteiger partial charge >= 0.3 is 8.72 Å². The van der Waals surface area contributed by atoms with Gasteiger partial charge in [-0.25, -0.2) is 0 Å². The Labute approximate surface area is 82.9 Å². The van der Waals surface area contributed by atoms with Crippen molar-refractivity contribution >= 4 is 18.4 Å². The molecular formula is C6H19NO4Si2. The number of nitrogens with one attached hydrogen (secondary N) is 1. The van der Waals surface area contributed by atoms with Crippen molar-refractivity contribution in [2.24, 2.45) is 0 Å². The molecule has 0 aliphatic rings. The van der Waals surface area contributed by atoms with E-state index in [4.69, 9.17) is 18.3 Å². The second-order valence-electron chi connectivity index (χ2n) is 2.64. The van der Waals surface area contributed by atoms with Crippen molar-refractivity contribution in [2.75, 3.05) is 28.4 Å². The van der Waals surface area contributed by atoms with E-state index in [9.17, 15) is 0 Å². The molecule has 0 saturated heterocycles. The molecule has 0 fully saturated rings. The molecular weight excluding hydrogens is 206 g/mol. The maximum absolute atomic E-state index is 5.26. The second kappa shape index (κ2) is 6.65. The SMILES string of the molecule is COC(OC)[SiH2]N[Si](C)(OC)OC. The molecule has 0 saturated carbocycles. The van der Waals surface area contributed by atoms with Crippen LogP contribution < -0.4 is 4.65 Å². The van der Waals surface area contributed by atoms with Crippen molar-refractivity contribution in [2.45, 2.75) is 12.5 Å². The van der Waals surface area contributed by atoms with E-state index in [2.05, 4.69) is 4.65 Å². The minimum Gasteiger partial charge on any atom is -0.387 e. The first kappa shape index (κ1) is 13.2. The van der Waals surface area contributed by atoms with Gasteiger partial charge in [0.2, 0.25) is 0 Å². The molecule has 0 bridgehead atoms. The smallest absolute Gasteiger partial charge is 0.387 e. The summed E-state index contributed by atoms with van der Waals surface area (Å²) in [6.07, 6.45) is 0. The molecule has 5 nitrogen and oxygen atoms in total. The molecule has 0 aliphatic carbocycles. The first-order chi connectivity index (χ1) is 6.11. The highest BCUT2D eigenvalue weighted by atomic mass is 28.4. The molecule has 0 aromatic carbocycles. The van der Waals surface area contributed by atoms with Crippen LogP contribution in [-0.4, -0.2) is 52.8 Å². The van der Waals surface area contributed by atoms with Crippen molar-refractivity contribution in [3.05, 3.63) is 0 Å². The van der Waals surface area contributed by atoms with Gasteiger partial charge in [-0.15, -0.1) is 0 Å². The summed E-state index contributed by atoms with van der Waals surface area (Å²) in [5.41, 5.74) is 0. The molecule has 0 aliphatic heterocycles. The average Bonchev–Trinajstić information content (AvgIpc) is 2.19. The number of methoxy groups -OCH3 is 2. The van der Waals surface area contributed by atoms with Crippen LogP contribution >= 0.6 is 0 Å². The van der Waals surface area contributed by atoms with E-state index in [0.717, 1.165) is 0 Å². The van der Waals surface area contributed by atoms with E-state index in [1.807, 2.05) is 6.55 Å². The third-order valence-electron chi connectivity index (χ3n) is 1.89. The third kappa shape index (κ3) is 4.86. The van der Waals surface area contributed by atoms with Crippen molar-refractivity contribution in [3.8, 4) is 0 Å². The zero-order valence-corrected chi connectivity index (χ0v) is 11.3. The third-order valence-corrected chi connectivity index (χ3v) is 7.84. The van der Waals surface area contributed by atoms with Crippen LogP contribution in [0.3, 0.4) is 0 Å². The molecule has 0 aromatic rings. The predicted octanol–water partition coefficient (Wildman–Crippen LogP) is -0.902. The lowest BCUT2D eigenvalue weighted by molar-refractivity contribution is -0.0448. The highest BCUT2D eigenvalue weighted by Crippen LogP contribution is 1.98. The van der Waals surface area contributed by atoms with Crippen LogP contribution in [0.4, 0.5) is 0 Å². The summed E-state index contributed by atoms with van der Waals surface area (Å²) in [5.74, 6) is -0.128. The molecule has 0 radical (unpaired) electrons. The fraction of sp³-hybridized carbons (Fsp3) is 1.00. The van der Waals surface area contributed by atoms with Crippen molar-refractivity contribution < 1.29 is 18.3 Å². The fourth-order valence-corrected chi connectivity index (χ4v) is 4.56. The van der Waals surface area contributed by atoms with Crippen LogP contribution in [0.15, 0.2) is 0 Å². The van der Waals surface area contributed by atoms with E-state index in [1.165, 1.54) is 0 Å². The highest BCUT2D eigenvalue weighted by Gasteiger charge is 2.29. The van der Waals surface area contributed by atoms with Crippen LogP contribution in [0.5, 0.6) is 0 Å². The largest absolute Gasteiger partial charge is 0.414 e. The molecule has 0 atom stereocenters. The molecule has 0 amide bonds. The Balaban J connectivity index is 3.83. The Morgan fingerprint density at radius 3 is 1.85 bits per heavy atom. The predicted molar refractivity (Wildman–Crippen MR) is 55.1 cm³/mol. The topological polar surface area (TPSA) is 49.0 Å². The number of hydrogen-bond donors (Lipinski definition) is 1. The van der Waals surface area contributed by atoms with Gasteiger partial charge in [0.1, 0.15) is 5.91 Å². The molecule has 0 aromatic heterocycles. The lowest BCUT2D eigenvalue weighted by Crippen LogP contribution is -2.56. The number of ether oxygens (including phenoxy) is 2. The van der Waals surface area contributed by atoms with Crippen molar-refractivity contribution in [1.29, 1.82) is 0 Å². The number of rotatable bonds is 7. The van der Waals surface area contributed by atoms with E-state index in [1.54, 1.807) is 28.4 Å². The quantitative estimate of drug-likeness (QED) is 0.449. The zero-order valence-electron chi connectivity index (χ0n) is 8.92. The maximum atomic E-state index is 5.26. The Bertz CT molecular complexity index is 130. The van der Waals surface area contributed by atoms with Gasteiger partial charge in [0.25, 0.3) is 0 Å². The molecule has 0 rings (SSSR count). The van der Waals surface area contributed by atoms with E-state index < -0.39 is 18.4 Å². The van der Waals surface area contributed by atoms with Crippen LogP contribution in [0.1, 0.15) is 0 Å². The minimum atomic E-state index is -2.14. The van der Waals surface area contributed by atoms with Crippen LogP contribution in [-0.2, 0) is 18.3 Å². The molecule has 0 spiro atoms. The van der Waals surface area contributed by atoms with E-state index >= 15 is 0 Å². The Morgan fingerprint density at radius 1 is 1.08 bits per heavy atom. The zero-order chi connectivity index (χ0) is 10.3. The average molecular weight is 225 g/mol. The summed E-state index contributed by atoms with van der Waals surface area (Å²) in [6, 6.07) is 0. The summed E-state index contributed by atoms with van der Waals surface area (Å²) in [4.78, 5) is 0. The van der Waals surface area contributed by atoms with Crippen LogP contribution in [0.25, 0.3) is 0 Å². The van der Waals surface area contributed by atoms with Gasteiger partial charge < -0.3 is 23.0 Å². The summed E-state index contributed by atoms with van der Waals surface area (Å²) in [6.45, 7) is 1.95. The molecule has 0 unspecified atom stereocenters. The first-order valence-corrected chi connectivity index (χ1v) is 7.86. The maximum Gasteiger partial charge on any atom is 0.414 e. The minimum absolute atomic E-state index is 0.128. The summed E-state index contributed by atoms with van der Waals surface area (Å²) < 4.78 is 23.9. The van der Waals surface area contributed by atoms with Crippen molar-refractivity contribution in [3.63, 3.8) is 0 Å². The lowest BCUT2D eigenvalue weighted by Gasteiger charge is -2.25. The Hall–Kier alpha value is 0.234. The molecule has 7 heteroatoms. The van der Waals surface area contributed by atoms with E-state index in [0.29, 0.717) is 0 Å². The first-order valence-electron chi connectivity index (χ1n) is 4.02. The van der Waals surface area contributed by atoms with Crippen molar-refractivity contribution in [1.82, 2.24) is 4.65 Å². The van der Waals surface area contributed by atoms with Gasteiger partial charge in [-0.1, -0.05) is 0 Å². The molecule has 80 valence electrons. The van der Waals surface area contributed by atoms with Gasteiger partial charge in [0.05, 0.1) is 0 Å². The Morgan fingerprint density at radius 2 is 1.54 bits per heavy atom. The number of hydrogen-bond acceptors (Lipinski definition) is 5. The fourth-order valence-electron chi connectivity index (χ4n) is 0.759. The van der Waals surface area contributed by atoms with Crippen LogP contribution in [0, 0.1) is 0 Å². The van der Waals surface area contributed by atoms with Gasteiger partial charge in [-0.3, -0.25) is 0 Å². The summed E-state index contributed by atoms with van der Waals surface area (Å²) >= 11 is 0. The van der Waals surface area contributed by atoms with Crippen LogP contribution in [0.2, 0.25) is 6.55 Å². The Kier molecular flexibility index (Phi) is 6.77. The molecule has 13 heavy (non-hydrogen) atoms. The summed E-state index contributed by atoms with van der Waals surface area (Å²) in [7, 11) is 3.72. The molecule has 0 heterocycles. The standard InChI is InChI=1S/C6H19NO4Si2/c1-8-6(9-2)12-7-13(5,10-3)11-4/h6-7H,12H2,1-5H3. The summed E-state index contributed by atoms with van der Waals surface area (Å²) in [5, 5.41) is 0. The van der Waals surface area contributed by atoms with Gasteiger partial charge in [0, 0.05) is 28.4 Å². The van der Waals surface area contributed by atoms with Gasteiger partial charge in [-0.05, 0) is 6.55 Å². The van der Waals surface area contributed by atoms with Gasteiger partial charge in [0.15, 0.2) is 9.68 Å². The second-order valence-corrected chi connectivity index (χ2v) is 7.83. The molecule has 1 N–H and O–H groups in total. The van der Waals surface area contributed by atoms with E-state index in [-0.39, 0.29) is 5.91 Å². The monoisotopic (exact) mass is 225 g/mol. The van der Waals surface area contributed by atoms with Gasteiger partial charge in [-0.2, -0.15) is 0 Å². The highest BCUT2D eigenvalue weighted by molar-refractivity contribution is 6.71.